The molecule has 0 aliphatic heterocycles. The summed E-state index contributed by atoms with van der Waals surface area (Å²) in [5.74, 6) is -1.01. The molecular formula is C6H13NO2. The van der Waals surface area contributed by atoms with Crippen molar-refractivity contribution in [3.63, 3.8) is 0 Å². The molecule has 0 spiro atoms. The van der Waals surface area contributed by atoms with Crippen molar-refractivity contribution in [1.29, 1.82) is 0 Å². The van der Waals surface area contributed by atoms with Gasteiger partial charge >= 0.3 is 5.97 Å². The quantitative estimate of drug-likeness (QED) is 0.577. The molecule has 0 unspecified atom stereocenters. The summed E-state index contributed by atoms with van der Waals surface area (Å²) in [4.78, 5) is 10.2. The smallest absolute Gasteiger partial charge is 0.307 e. The van der Waals surface area contributed by atoms with Gasteiger partial charge in [0.25, 0.3) is 0 Å². The predicted octanol–water partition coefficient (Wildman–Crippen LogP) is 0.317. The third-order valence-corrected chi connectivity index (χ3v) is 1.12. The second-order valence-electron chi connectivity index (χ2n) is 2.05. The fraction of sp³-hybridized carbons (Fsp3) is 0.833. The van der Waals surface area contributed by atoms with Gasteiger partial charge < -0.3 is 10.4 Å². The molecule has 0 aromatic rings. The lowest BCUT2D eigenvalue weighted by molar-refractivity contribution is -0.140. The van der Waals surface area contributed by atoms with Gasteiger partial charge in [-0.25, -0.2) is 0 Å². The minimum atomic E-state index is -0.740. The summed E-state index contributed by atoms with van der Waals surface area (Å²) in [5.41, 5.74) is 0. The highest BCUT2D eigenvalue weighted by atomic mass is 16.4. The second kappa shape index (κ2) is 4.32. The molecule has 0 saturated carbocycles. The molecule has 0 saturated heterocycles. The molecule has 3 nitrogen and oxygen atoms in total. The van der Waals surface area contributed by atoms with Crippen molar-refractivity contribution in [2.45, 2.75) is 13.8 Å². The van der Waals surface area contributed by atoms with Crippen LogP contribution in [0.15, 0.2) is 0 Å². The largest absolute Gasteiger partial charge is 0.481 e. The van der Waals surface area contributed by atoms with Crippen LogP contribution >= 0.6 is 0 Å². The molecule has 0 radical (unpaired) electrons. The van der Waals surface area contributed by atoms with Gasteiger partial charge in [0.2, 0.25) is 0 Å². The Bertz CT molecular complexity index is 93.1. The van der Waals surface area contributed by atoms with Gasteiger partial charge in [-0.2, -0.15) is 0 Å². The standard InChI is InChI=1S/C6H13NO2/c1-3-7-4-5(2)6(8)9/h5,7H,3-4H2,1-2H3,(H,8,9)/t5-/m0/s1. The van der Waals surface area contributed by atoms with E-state index in [4.69, 9.17) is 5.11 Å². The van der Waals surface area contributed by atoms with Gasteiger partial charge in [-0.1, -0.05) is 13.8 Å². The first kappa shape index (κ1) is 8.43. The molecule has 0 amide bonds. The van der Waals surface area contributed by atoms with Gasteiger partial charge in [-0.3, -0.25) is 4.79 Å². The maximum atomic E-state index is 10.2. The maximum Gasteiger partial charge on any atom is 0.307 e. The molecule has 0 aromatic heterocycles. The van der Waals surface area contributed by atoms with Crippen LogP contribution in [-0.4, -0.2) is 24.2 Å². The number of rotatable bonds is 4. The Morgan fingerprint density at radius 3 is 2.67 bits per heavy atom. The summed E-state index contributed by atoms with van der Waals surface area (Å²) >= 11 is 0. The average molecular weight is 131 g/mol. The molecule has 1 atom stereocenters. The van der Waals surface area contributed by atoms with Crippen molar-refractivity contribution in [2.75, 3.05) is 13.1 Å². The number of hydrogen-bond donors (Lipinski definition) is 2. The molecule has 0 rings (SSSR count). The van der Waals surface area contributed by atoms with E-state index in [-0.39, 0.29) is 5.92 Å². The first-order valence-electron chi connectivity index (χ1n) is 3.12. The van der Waals surface area contributed by atoms with Crippen LogP contribution in [0.3, 0.4) is 0 Å². The highest BCUT2D eigenvalue weighted by molar-refractivity contribution is 5.69. The van der Waals surface area contributed by atoms with Crippen LogP contribution in [0.4, 0.5) is 0 Å². The van der Waals surface area contributed by atoms with E-state index in [0.717, 1.165) is 6.54 Å². The Balaban J connectivity index is 3.27. The molecule has 0 fully saturated rings. The van der Waals surface area contributed by atoms with Gasteiger partial charge in [0.05, 0.1) is 5.92 Å². The molecule has 9 heavy (non-hydrogen) atoms. The van der Waals surface area contributed by atoms with Crippen LogP contribution in [-0.2, 0) is 4.79 Å². The van der Waals surface area contributed by atoms with Crippen molar-refractivity contribution in [3.8, 4) is 0 Å². The van der Waals surface area contributed by atoms with E-state index >= 15 is 0 Å². The Morgan fingerprint density at radius 1 is 1.78 bits per heavy atom. The minimum Gasteiger partial charge on any atom is -0.481 e. The molecular weight excluding hydrogens is 118 g/mol. The summed E-state index contributed by atoms with van der Waals surface area (Å²) in [5, 5.41) is 11.3. The summed E-state index contributed by atoms with van der Waals surface area (Å²) in [6.07, 6.45) is 0. The van der Waals surface area contributed by atoms with Gasteiger partial charge in [0.15, 0.2) is 0 Å². The lowest BCUT2D eigenvalue weighted by Crippen LogP contribution is -2.25. The Labute approximate surface area is 55.1 Å². The van der Waals surface area contributed by atoms with Crippen LogP contribution in [0.2, 0.25) is 0 Å². The van der Waals surface area contributed by atoms with Crippen molar-refractivity contribution in [1.82, 2.24) is 5.32 Å². The predicted molar refractivity (Wildman–Crippen MR) is 35.3 cm³/mol. The lowest BCUT2D eigenvalue weighted by Gasteiger charge is -2.04. The van der Waals surface area contributed by atoms with Crippen molar-refractivity contribution in [2.24, 2.45) is 5.92 Å². The van der Waals surface area contributed by atoms with E-state index in [2.05, 4.69) is 5.32 Å². The normalized spacial score (nSPS) is 13.1. The highest BCUT2D eigenvalue weighted by Gasteiger charge is 2.07. The zero-order valence-electron chi connectivity index (χ0n) is 5.85. The number of aliphatic carboxylic acids is 1. The Morgan fingerprint density at radius 2 is 2.33 bits per heavy atom. The number of carbonyl (C=O) groups is 1. The molecule has 3 heteroatoms. The monoisotopic (exact) mass is 131 g/mol. The molecule has 0 aliphatic rings. The number of nitrogens with one attached hydrogen (secondary N) is 1. The van der Waals surface area contributed by atoms with Crippen LogP contribution in [0.1, 0.15) is 13.8 Å². The molecule has 0 aliphatic carbocycles. The van der Waals surface area contributed by atoms with E-state index in [0.29, 0.717) is 6.54 Å². The zero-order valence-corrected chi connectivity index (χ0v) is 5.85. The first-order valence-corrected chi connectivity index (χ1v) is 3.12. The van der Waals surface area contributed by atoms with E-state index in [9.17, 15) is 4.79 Å². The Kier molecular flexibility index (Phi) is 4.05. The number of carboxylic acid groups (broad SMARTS) is 1. The third-order valence-electron chi connectivity index (χ3n) is 1.12. The topological polar surface area (TPSA) is 49.3 Å². The fourth-order valence-corrected chi connectivity index (χ4v) is 0.448. The van der Waals surface area contributed by atoms with Gasteiger partial charge in [0.1, 0.15) is 0 Å². The summed E-state index contributed by atoms with van der Waals surface area (Å²) in [6, 6.07) is 0. The van der Waals surface area contributed by atoms with E-state index in [1.54, 1.807) is 6.92 Å². The minimum absolute atomic E-state index is 0.273. The van der Waals surface area contributed by atoms with Crippen LogP contribution < -0.4 is 5.32 Å². The van der Waals surface area contributed by atoms with Crippen molar-refractivity contribution >= 4 is 5.97 Å². The van der Waals surface area contributed by atoms with Gasteiger partial charge in [0, 0.05) is 6.54 Å². The van der Waals surface area contributed by atoms with Gasteiger partial charge in [-0.15, -0.1) is 0 Å². The molecule has 2 N–H and O–H groups in total. The van der Waals surface area contributed by atoms with Crippen molar-refractivity contribution in [3.05, 3.63) is 0 Å². The van der Waals surface area contributed by atoms with Crippen LogP contribution in [0.25, 0.3) is 0 Å². The molecule has 0 heterocycles. The van der Waals surface area contributed by atoms with Crippen LogP contribution in [0, 0.1) is 5.92 Å². The summed E-state index contributed by atoms with van der Waals surface area (Å²) in [6.45, 7) is 5.03. The van der Waals surface area contributed by atoms with Crippen LogP contribution in [0.5, 0.6) is 0 Å². The SMILES string of the molecule is CCNC[C@H](C)C(=O)O. The number of hydrogen-bond acceptors (Lipinski definition) is 2. The van der Waals surface area contributed by atoms with Gasteiger partial charge in [-0.05, 0) is 6.54 Å². The third kappa shape index (κ3) is 3.97. The molecule has 54 valence electrons. The maximum absolute atomic E-state index is 10.2. The summed E-state index contributed by atoms with van der Waals surface area (Å²) < 4.78 is 0. The van der Waals surface area contributed by atoms with Crippen molar-refractivity contribution < 1.29 is 9.90 Å². The van der Waals surface area contributed by atoms with E-state index in [1.807, 2.05) is 6.92 Å². The molecule has 0 aromatic carbocycles. The fourth-order valence-electron chi connectivity index (χ4n) is 0.448. The first-order chi connectivity index (χ1) is 4.18. The zero-order chi connectivity index (χ0) is 7.28. The van der Waals surface area contributed by atoms with E-state index in [1.165, 1.54) is 0 Å². The lowest BCUT2D eigenvalue weighted by atomic mass is 10.2. The summed E-state index contributed by atoms with van der Waals surface area (Å²) in [7, 11) is 0. The Hall–Kier alpha value is -0.570. The van der Waals surface area contributed by atoms with E-state index < -0.39 is 5.97 Å². The average Bonchev–Trinajstić information content (AvgIpc) is 1.82. The second-order valence-corrected chi connectivity index (χ2v) is 2.05. The number of carboxylic acids is 1. The highest BCUT2D eigenvalue weighted by Crippen LogP contribution is 1.89. The molecule has 0 bridgehead atoms.